The highest BCUT2D eigenvalue weighted by atomic mass is 16.5. The van der Waals surface area contributed by atoms with E-state index in [-0.39, 0.29) is 11.3 Å². The zero-order valence-corrected chi connectivity index (χ0v) is 10.5. The molecule has 2 N–H and O–H groups in total. The summed E-state index contributed by atoms with van der Waals surface area (Å²) in [7, 11) is 0. The van der Waals surface area contributed by atoms with Crippen LogP contribution < -0.4 is 10.6 Å². The smallest absolute Gasteiger partial charge is 0.234 e. The molecule has 2 rings (SSSR count). The maximum Gasteiger partial charge on any atom is 0.234 e. The lowest BCUT2D eigenvalue weighted by Gasteiger charge is -2.38. The van der Waals surface area contributed by atoms with Gasteiger partial charge in [-0.1, -0.05) is 6.92 Å². The van der Waals surface area contributed by atoms with Crippen LogP contribution in [0.25, 0.3) is 0 Å². The van der Waals surface area contributed by atoms with Gasteiger partial charge < -0.3 is 20.1 Å². The van der Waals surface area contributed by atoms with Gasteiger partial charge in [-0.25, -0.2) is 0 Å². The van der Waals surface area contributed by atoms with Gasteiger partial charge in [-0.2, -0.15) is 0 Å². The van der Waals surface area contributed by atoms with Crippen molar-refractivity contribution >= 4 is 5.91 Å². The van der Waals surface area contributed by atoms with Crippen LogP contribution in [0.3, 0.4) is 0 Å². The summed E-state index contributed by atoms with van der Waals surface area (Å²) in [5.74, 6) is 0.0840. The number of rotatable bonds is 5. The van der Waals surface area contributed by atoms with Crippen molar-refractivity contribution in [3.05, 3.63) is 0 Å². The minimum Gasteiger partial charge on any atom is -0.381 e. The third-order valence-electron chi connectivity index (χ3n) is 3.32. The monoisotopic (exact) mass is 242 g/mol. The minimum absolute atomic E-state index is 0.0840. The van der Waals surface area contributed by atoms with E-state index in [0.717, 1.165) is 45.8 Å². The first-order valence-corrected chi connectivity index (χ1v) is 6.34. The lowest BCUT2D eigenvalue weighted by Crippen LogP contribution is -2.50. The lowest BCUT2D eigenvalue weighted by atomic mass is 9.89. The molecule has 5 nitrogen and oxygen atoms in total. The van der Waals surface area contributed by atoms with E-state index in [9.17, 15) is 4.79 Å². The van der Waals surface area contributed by atoms with E-state index in [1.165, 1.54) is 0 Å². The first-order valence-electron chi connectivity index (χ1n) is 6.34. The summed E-state index contributed by atoms with van der Waals surface area (Å²) >= 11 is 0. The molecule has 2 aliphatic heterocycles. The molecule has 0 aromatic rings. The first-order chi connectivity index (χ1) is 8.18. The fraction of sp³-hybridized carbons (Fsp3) is 0.917. The molecular formula is C12H22N2O3. The van der Waals surface area contributed by atoms with E-state index >= 15 is 0 Å². The fourth-order valence-electron chi connectivity index (χ4n) is 2.15. The van der Waals surface area contributed by atoms with Crippen LogP contribution in [0.4, 0.5) is 0 Å². The molecule has 0 atom stereocenters. The van der Waals surface area contributed by atoms with E-state index in [4.69, 9.17) is 9.47 Å². The number of carbonyl (C=O) groups is 1. The van der Waals surface area contributed by atoms with Gasteiger partial charge in [-0.3, -0.25) is 4.79 Å². The van der Waals surface area contributed by atoms with Gasteiger partial charge in [0.2, 0.25) is 5.91 Å². The SMILES string of the molecule is CC1(CNCC(=O)NC2CCOCC2)COC1. The number of hydrogen-bond donors (Lipinski definition) is 2. The van der Waals surface area contributed by atoms with E-state index in [0.29, 0.717) is 12.6 Å². The van der Waals surface area contributed by atoms with Gasteiger partial charge in [0.25, 0.3) is 0 Å². The Morgan fingerprint density at radius 3 is 2.59 bits per heavy atom. The van der Waals surface area contributed by atoms with Gasteiger partial charge in [0.05, 0.1) is 19.8 Å². The fourth-order valence-corrected chi connectivity index (χ4v) is 2.15. The van der Waals surface area contributed by atoms with Crippen molar-refractivity contribution in [2.24, 2.45) is 5.41 Å². The van der Waals surface area contributed by atoms with Crippen LogP contribution in [0, 0.1) is 5.41 Å². The Kier molecular flexibility index (Phi) is 4.36. The molecule has 0 spiro atoms. The highest BCUT2D eigenvalue weighted by Gasteiger charge is 2.32. The molecule has 2 saturated heterocycles. The van der Waals surface area contributed by atoms with E-state index in [1.54, 1.807) is 0 Å². The molecular weight excluding hydrogens is 220 g/mol. The van der Waals surface area contributed by atoms with Crippen LogP contribution in [0.2, 0.25) is 0 Å². The second-order valence-electron chi connectivity index (χ2n) is 5.36. The Morgan fingerprint density at radius 2 is 2.00 bits per heavy atom. The predicted octanol–water partition coefficient (Wildman–Crippen LogP) is -0.0923. The van der Waals surface area contributed by atoms with Gasteiger partial charge in [0.15, 0.2) is 0 Å². The standard InChI is InChI=1S/C12H22N2O3/c1-12(8-17-9-12)7-13-6-11(15)14-10-2-4-16-5-3-10/h10,13H,2-9H2,1H3,(H,14,15). The molecule has 0 saturated carbocycles. The van der Waals surface area contributed by atoms with Crippen LogP contribution in [-0.4, -0.2) is 51.5 Å². The number of hydrogen-bond acceptors (Lipinski definition) is 4. The van der Waals surface area contributed by atoms with Crippen LogP contribution in [-0.2, 0) is 14.3 Å². The van der Waals surface area contributed by atoms with Crippen LogP contribution >= 0.6 is 0 Å². The van der Waals surface area contributed by atoms with E-state index < -0.39 is 0 Å². The molecule has 2 aliphatic rings. The van der Waals surface area contributed by atoms with Crippen molar-refractivity contribution in [2.45, 2.75) is 25.8 Å². The maximum absolute atomic E-state index is 11.7. The third-order valence-corrected chi connectivity index (χ3v) is 3.32. The summed E-state index contributed by atoms with van der Waals surface area (Å²) < 4.78 is 10.4. The zero-order valence-electron chi connectivity index (χ0n) is 10.5. The molecule has 0 bridgehead atoms. The molecule has 0 aromatic carbocycles. The summed E-state index contributed by atoms with van der Waals surface area (Å²) in [5.41, 5.74) is 0.221. The van der Waals surface area contributed by atoms with Crippen molar-refractivity contribution in [2.75, 3.05) is 39.5 Å². The molecule has 5 heteroatoms. The highest BCUT2D eigenvalue weighted by Crippen LogP contribution is 2.24. The number of ether oxygens (including phenoxy) is 2. The predicted molar refractivity (Wildman–Crippen MR) is 63.8 cm³/mol. The van der Waals surface area contributed by atoms with Gasteiger partial charge in [0, 0.05) is 31.2 Å². The quantitative estimate of drug-likeness (QED) is 0.707. The zero-order chi connectivity index (χ0) is 12.1. The Labute approximate surface area is 102 Å². The van der Waals surface area contributed by atoms with Crippen molar-refractivity contribution < 1.29 is 14.3 Å². The summed E-state index contributed by atoms with van der Waals surface area (Å²) in [6.45, 7) is 6.51. The summed E-state index contributed by atoms with van der Waals surface area (Å²) in [6.07, 6.45) is 1.86. The molecule has 17 heavy (non-hydrogen) atoms. The van der Waals surface area contributed by atoms with Gasteiger partial charge in [0.1, 0.15) is 0 Å². The number of nitrogens with one attached hydrogen (secondary N) is 2. The molecule has 0 radical (unpaired) electrons. The molecule has 2 heterocycles. The average Bonchev–Trinajstić information content (AvgIpc) is 2.28. The molecule has 0 aromatic heterocycles. The van der Waals surface area contributed by atoms with E-state index in [2.05, 4.69) is 17.6 Å². The van der Waals surface area contributed by atoms with Gasteiger partial charge in [-0.15, -0.1) is 0 Å². The Morgan fingerprint density at radius 1 is 1.29 bits per heavy atom. The lowest BCUT2D eigenvalue weighted by molar-refractivity contribution is -0.122. The second-order valence-corrected chi connectivity index (χ2v) is 5.36. The van der Waals surface area contributed by atoms with Crippen LogP contribution in [0.15, 0.2) is 0 Å². The number of carbonyl (C=O) groups excluding carboxylic acids is 1. The van der Waals surface area contributed by atoms with Crippen molar-refractivity contribution in [3.8, 4) is 0 Å². The largest absolute Gasteiger partial charge is 0.381 e. The van der Waals surface area contributed by atoms with E-state index in [1.807, 2.05) is 0 Å². The molecule has 0 aliphatic carbocycles. The molecule has 2 fully saturated rings. The van der Waals surface area contributed by atoms with Crippen molar-refractivity contribution in [3.63, 3.8) is 0 Å². The topological polar surface area (TPSA) is 59.6 Å². The van der Waals surface area contributed by atoms with Gasteiger partial charge >= 0.3 is 0 Å². The third kappa shape index (κ3) is 3.94. The highest BCUT2D eigenvalue weighted by molar-refractivity contribution is 5.78. The first kappa shape index (κ1) is 12.8. The van der Waals surface area contributed by atoms with Crippen LogP contribution in [0.5, 0.6) is 0 Å². The second kappa shape index (κ2) is 5.80. The van der Waals surface area contributed by atoms with Gasteiger partial charge in [-0.05, 0) is 12.8 Å². The summed E-state index contributed by atoms with van der Waals surface area (Å²) in [4.78, 5) is 11.7. The maximum atomic E-state index is 11.7. The molecule has 98 valence electrons. The Balaban J connectivity index is 1.57. The average molecular weight is 242 g/mol. The molecule has 0 unspecified atom stereocenters. The number of amides is 1. The summed E-state index contributed by atoms with van der Waals surface area (Å²) in [5, 5.41) is 6.22. The van der Waals surface area contributed by atoms with Crippen LogP contribution in [0.1, 0.15) is 19.8 Å². The normalized spacial score (nSPS) is 24.1. The van der Waals surface area contributed by atoms with Crippen molar-refractivity contribution in [1.29, 1.82) is 0 Å². The Hall–Kier alpha value is -0.650. The molecule has 1 amide bonds. The van der Waals surface area contributed by atoms with Crippen molar-refractivity contribution in [1.82, 2.24) is 10.6 Å². The Bertz CT molecular complexity index is 260. The minimum atomic E-state index is 0.0840. The summed E-state index contributed by atoms with van der Waals surface area (Å²) in [6, 6.07) is 0.292.